The number of nitrogens with one attached hydrogen (secondary N) is 1. The fourth-order valence-corrected chi connectivity index (χ4v) is 3.48. The maximum absolute atomic E-state index is 13.2. The van der Waals surface area contributed by atoms with E-state index in [2.05, 4.69) is 20.2 Å². The van der Waals surface area contributed by atoms with Crippen LogP contribution in [0.1, 0.15) is 46.7 Å². The molecule has 0 spiro atoms. The summed E-state index contributed by atoms with van der Waals surface area (Å²) in [4.78, 5) is 23.9. The van der Waals surface area contributed by atoms with E-state index >= 15 is 0 Å². The third-order valence-electron chi connectivity index (χ3n) is 4.39. The first-order valence-corrected chi connectivity index (χ1v) is 8.26. The summed E-state index contributed by atoms with van der Waals surface area (Å²) in [6.07, 6.45) is 3.52. The van der Waals surface area contributed by atoms with Gasteiger partial charge in [-0.15, -0.1) is 0 Å². The molecule has 1 aliphatic rings. The number of amides is 1. The predicted molar refractivity (Wildman–Crippen MR) is 89.1 cm³/mol. The zero-order valence-corrected chi connectivity index (χ0v) is 14.2. The molecule has 24 heavy (non-hydrogen) atoms. The van der Waals surface area contributed by atoms with Crippen molar-refractivity contribution in [2.75, 3.05) is 6.54 Å². The molecule has 7 nitrogen and oxygen atoms in total. The molecule has 0 aromatic carbocycles. The number of rotatable bonds is 2. The Morgan fingerprint density at radius 2 is 2.17 bits per heavy atom. The first-order chi connectivity index (χ1) is 11.5. The highest BCUT2D eigenvalue weighted by molar-refractivity contribution is 6.30. The normalized spacial score (nSPS) is 17.8. The summed E-state index contributed by atoms with van der Waals surface area (Å²) in [6, 6.07) is 3.48. The SMILES string of the molecule is Cc1nc(C2CCCN2C(=O)c2c(C)nc3ccc(Cl)cn23)n[nH]1. The van der Waals surface area contributed by atoms with Crippen molar-refractivity contribution < 1.29 is 4.79 Å². The lowest BCUT2D eigenvalue weighted by Gasteiger charge is -2.22. The fraction of sp³-hybridized carbons (Fsp3) is 0.375. The Morgan fingerprint density at radius 3 is 2.92 bits per heavy atom. The van der Waals surface area contributed by atoms with Crippen LogP contribution in [0.3, 0.4) is 0 Å². The van der Waals surface area contributed by atoms with Crippen LogP contribution in [0.15, 0.2) is 18.3 Å². The number of aromatic amines is 1. The van der Waals surface area contributed by atoms with Crippen LogP contribution in [0.4, 0.5) is 0 Å². The van der Waals surface area contributed by atoms with E-state index in [1.165, 1.54) is 0 Å². The standard InChI is InChI=1S/C16H17ClN6O/c1-9-14(23-8-11(17)5-6-13(23)18-9)16(24)22-7-3-4-12(22)15-19-10(2)20-21-15/h5-6,8,12H,3-4,7H2,1-2H3,(H,19,20,21). The highest BCUT2D eigenvalue weighted by atomic mass is 35.5. The van der Waals surface area contributed by atoms with E-state index in [-0.39, 0.29) is 11.9 Å². The maximum atomic E-state index is 13.2. The molecule has 124 valence electrons. The summed E-state index contributed by atoms with van der Waals surface area (Å²) in [7, 11) is 0. The van der Waals surface area contributed by atoms with Gasteiger partial charge in [0, 0.05) is 12.7 Å². The molecule has 0 bridgehead atoms. The molecule has 1 amide bonds. The van der Waals surface area contributed by atoms with Crippen LogP contribution in [-0.4, -0.2) is 41.9 Å². The second-order valence-electron chi connectivity index (χ2n) is 6.06. The number of halogens is 1. The molecular formula is C16H17ClN6O. The summed E-state index contributed by atoms with van der Waals surface area (Å²) >= 11 is 6.09. The second kappa shape index (κ2) is 5.59. The lowest BCUT2D eigenvalue weighted by atomic mass is 10.2. The van der Waals surface area contributed by atoms with Gasteiger partial charge in [0.25, 0.3) is 5.91 Å². The van der Waals surface area contributed by atoms with Gasteiger partial charge in [-0.25, -0.2) is 9.97 Å². The number of hydrogen-bond donors (Lipinski definition) is 1. The minimum atomic E-state index is -0.105. The van der Waals surface area contributed by atoms with Gasteiger partial charge in [0.2, 0.25) is 0 Å². The molecule has 4 heterocycles. The van der Waals surface area contributed by atoms with Gasteiger partial charge in [0.1, 0.15) is 17.2 Å². The van der Waals surface area contributed by atoms with Gasteiger partial charge in [-0.3, -0.25) is 14.3 Å². The van der Waals surface area contributed by atoms with Crippen LogP contribution in [0, 0.1) is 13.8 Å². The fourth-order valence-electron chi connectivity index (χ4n) is 3.32. The van der Waals surface area contributed by atoms with E-state index in [1.54, 1.807) is 16.7 Å². The summed E-state index contributed by atoms with van der Waals surface area (Å²) in [5.74, 6) is 1.36. The topological polar surface area (TPSA) is 79.2 Å². The molecule has 0 saturated carbocycles. The Balaban J connectivity index is 1.75. The highest BCUT2D eigenvalue weighted by Gasteiger charge is 2.35. The molecule has 1 unspecified atom stereocenters. The van der Waals surface area contributed by atoms with Crippen LogP contribution < -0.4 is 0 Å². The summed E-state index contributed by atoms with van der Waals surface area (Å²) < 4.78 is 1.76. The van der Waals surface area contributed by atoms with Crippen molar-refractivity contribution in [3.8, 4) is 0 Å². The maximum Gasteiger partial charge on any atom is 0.273 e. The van der Waals surface area contributed by atoms with Crippen molar-refractivity contribution in [2.24, 2.45) is 0 Å². The number of fused-ring (bicyclic) bond motifs is 1. The molecule has 8 heteroatoms. The van der Waals surface area contributed by atoms with Crippen molar-refractivity contribution in [3.63, 3.8) is 0 Å². The highest BCUT2D eigenvalue weighted by Crippen LogP contribution is 2.32. The van der Waals surface area contributed by atoms with E-state index in [4.69, 9.17) is 11.6 Å². The average molecular weight is 345 g/mol. The van der Waals surface area contributed by atoms with Crippen molar-refractivity contribution in [1.29, 1.82) is 0 Å². The monoisotopic (exact) mass is 344 g/mol. The van der Waals surface area contributed by atoms with Crippen molar-refractivity contribution >= 4 is 23.2 Å². The third-order valence-corrected chi connectivity index (χ3v) is 4.61. The van der Waals surface area contributed by atoms with Crippen LogP contribution in [0.5, 0.6) is 0 Å². The van der Waals surface area contributed by atoms with E-state index in [0.29, 0.717) is 34.4 Å². The number of imidazole rings is 1. The lowest BCUT2D eigenvalue weighted by Crippen LogP contribution is -2.32. The van der Waals surface area contributed by atoms with Gasteiger partial charge in [0.15, 0.2) is 5.82 Å². The Morgan fingerprint density at radius 1 is 1.33 bits per heavy atom. The quantitative estimate of drug-likeness (QED) is 0.775. The van der Waals surface area contributed by atoms with Gasteiger partial charge < -0.3 is 4.90 Å². The second-order valence-corrected chi connectivity index (χ2v) is 6.49. The molecule has 1 atom stereocenters. The van der Waals surface area contributed by atoms with Crippen molar-refractivity contribution in [1.82, 2.24) is 29.5 Å². The molecule has 4 rings (SSSR count). The first kappa shape index (κ1) is 15.1. The van der Waals surface area contributed by atoms with E-state index < -0.39 is 0 Å². The van der Waals surface area contributed by atoms with Crippen molar-refractivity contribution in [3.05, 3.63) is 46.4 Å². The molecule has 1 aliphatic heterocycles. The number of carbonyl (C=O) groups is 1. The molecule has 1 saturated heterocycles. The minimum Gasteiger partial charge on any atom is -0.327 e. The number of aryl methyl sites for hydroxylation is 2. The molecule has 3 aromatic heterocycles. The van der Waals surface area contributed by atoms with Gasteiger partial charge in [-0.1, -0.05) is 11.6 Å². The average Bonchev–Trinajstić information content (AvgIpc) is 3.24. The Bertz CT molecular complexity index is 930. The van der Waals surface area contributed by atoms with E-state index in [1.807, 2.05) is 24.8 Å². The zero-order chi connectivity index (χ0) is 16.8. The number of hydrogen-bond acceptors (Lipinski definition) is 4. The number of aromatic nitrogens is 5. The Labute approximate surface area is 143 Å². The van der Waals surface area contributed by atoms with E-state index in [9.17, 15) is 4.79 Å². The number of carbonyl (C=O) groups excluding carboxylic acids is 1. The first-order valence-electron chi connectivity index (χ1n) is 7.88. The summed E-state index contributed by atoms with van der Waals surface area (Å²) in [5, 5.41) is 7.66. The number of likely N-dealkylation sites (tertiary alicyclic amines) is 1. The minimum absolute atomic E-state index is 0.0628. The van der Waals surface area contributed by atoms with Gasteiger partial charge in [-0.05, 0) is 38.8 Å². The molecule has 3 aromatic rings. The zero-order valence-electron chi connectivity index (χ0n) is 13.5. The van der Waals surface area contributed by atoms with Gasteiger partial charge >= 0.3 is 0 Å². The molecular weight excluding hydrogens is 328 g/mol. The predicted octanol–water partition coefficient (Wildman–Crippen LogP) is 2.70. The van der Waals surface area contributed by atoms with Crippen LogP contribution in [-0.2, 0) is 0 Å². The number of nitrogens with zero attached hydrogens (tertiary/aromatic N) is 5. The smallest absolute Gasteiger partial charge is 0.273 e. The molecule has 1 N–H and O–H groups in total. The molecule has 0 radical (unpaired) electrons. The van der Waals surface area contributed by atoms with E-state index in [0.717, 1.165) is 18.7 Å². The largest absolute Gasteiger partial charge is 0.327 e. The van der Waals surface area contributed by atoms with Crippen molar-refractivity contribution in [2.45, 2.75) is 32.7 Å². The van der Waals surface area contributed by atoms with Gasteiger partial charge in [0.05, 0.1) is 16.8 Å². The number of pyridine rings is 1. The molecule has 1 fully saturated rings. The van der Waals surface area contributed by atoms with Crippen LogP contribution in [0.2, 0.25) is 5.02 Å². The van der Waals surface area contributed by atoms with Crippen LogP contribution >= 0.6 is 11.6 Å². The van der Waals surface area contributed by atoms with Crippen LogP contribution in [0.25, 0.3) is 5.65 Å². The van der Waals surface area contributed by atoms with Gasteiger partial charge in [-0.2, -0.15) is 5.10 Å². The molecule has 0 aliphatic carbocycles. The summed E-state index contributed by atoms with van der Waals surface area (Å²) in [6.45, 7) is 4.38. The Hall–Kier alpha value is -2.41. The lowest BCUT2D eigenvalue weighted by molar-refractivity contribution is 0.0722. The summed E-state index contributed by atoms with van der Waals surface area (Å²) in [5.41, 5.74) is 1.95. The number of H-pyrrole nitrogens is 1. The Kier molecular flexibility index (Phi) is 3.53. The third kappa shape index (κ3) is 2.36.